The van der Waals surface area contributed by atoms with Crippen LogP contribution in [0.1, 0.15) is 11.1 Å². The summed E-state index contributed by atoms with van der Waals surface area (Å²) in [5.74, 6) is 0. The average molecular weight is 658 g/mol. The summed E-state index contributed by atoms with van der Waals surface area (Å²) >= 11 is 0. The first-order chi connectivity index (χ1) is 22.8. The van der Waals surface area contributed by atoms with Crippen LogP contribution in [-0.2, 0) is 17.1 Å². The normalized spacial score (nSPS) is 11.3. The predicted octanol–water partition coefficient (Wildman–Crippen LogP) is 12.3. The minimum atomic E-state index is 0. The molecule has 0 fully saturated rings. The maximum Gasteiger partial charge on any atom is 2.00 e. The van der Waals surface area contributed by atoms with Crippen molar-refractivity contribution in [2.75, 3.05) is 0 Å². The molecule has 0 saturated heterocycles. The summed E-state index contributed by atoms with van der Waals surface area (Å²) < 4.78 is 0. The van der Waals surface area contributed by atoms with E-state index in [2.05, 4.69) is 44.9 Å². The maximum atomic E-state index is 4.54. The second kappa shape index (κ2) is 19.6. The van der Waals surface area contributed by atoms with Crippen LogP contribution in [0.4, 0.5) is 22.7 Å². The van der Waals surface area contributed by atoms with E-state index in [1.54, 1.807) is 0 Å². The third-order valence-corrected chi connectivity index (χ3v) is 6.65. The summed E-state index contributed by atoms with van der Waals surface area (Å²) in [7, 11) is 0. The molecular weight excluding hydrogens is 624 g/mol. The number of allylic oxidation sites excluding steroid dienone is 2. The van der Waals surface area contributed by atoms with Crippen molar-refractivity contribution in [3.05, 3.63) is 216 Å². The van der Waals surface area contributed by atoms with Gasteiger partial charge in [0.25, 0.3) is 0 Å². The van der Waals surface area contributed by atoms with Gasteiger partial charge in [-0.25, -0.2) is 0 Å². The molecule has 0 saturated carbocycles. The van der Waals surface area contributed by atoms with Gasteiger partial charge in [-0.05, 0) is 46.5 Å². The van der Waals surface area contributed by atoms with Crippen LogP contribution >= 0.6 is 0 Å². The van der Waals surface area contributed by atoms with Crippen LogP contribution in [0.3, 0.4) is 0 Å². The van der Waals surface area contributed by atoms with Gasteiger partial charge in [0.1, 0.15) is 0 Å². The van der Waals surface area contributed by atoms with E-state index in [0.717, 1.165) is 45.0 Å². The summed E-state index contributed by atoms with van der Waals surface area (Å²) in [5.41, 5.74) is 7.82. The SMILES string of the molecule is C(=Nc1ccccc1)C(=C[N-]c1ccccc1)c1ccccc1.C(=Nc1ccccc1)C(=C[N-]c1ccccc1)c1ccccc1.[Cu+2]. The van der Waals surface area contributed by atoms with E-state index in [1.807, 2.05) is 183 Å². The number of hydrogen-bond donors (Lipinski definition) is 0. The molecule has 0 spiro atoms. The van der Waals surface area contributed by atoms with Crippen molar-refractivity contribution in [3.8, 4) is 0 Å². The zero-order valence-electron chi connectivity index (χ0n) is 25.7. The molecule has 0 aliphatic carbocycles. The van der Waals surface area contributed by atoms with E-state index >= 15 is 0 Å². The number of benzene rings is 6. The number of para-hydroxylation sites is 4. The Kier molecular flexibility index (Phi) is 14.2. The van der Waals surface area contributed by atoms with E-state index in [1.165, 1.54) is 0 Å². The van der Waals surface area contributed by atoms with E-state index in [0.29, 0.717) is 0 Å². The van der Waals surface area contributed by atoms with Gasteiger partial charge in [-0.15, -0.1) is 11.4 Å². The Bertz CT molecular complexity index is 1700. The van der Waals surface area contributed by atoms with Crippen LogP contribution in [0, 0.1) is 0 Å². The topological polar surface area (TPSA) is 52.9 Å². The summed E-state index contributed by atoms with van der Waals surface area (Å²) in [6.45, 7) is 0. The fourth-order valence-electron chi connectivity index (χ4n) is 4.26. The van der Waals surface area contributed by atoms with Crippen molar-refractivity contribution < 1.29 is 17.1 Å². The first-order valence-corrected chi connectivity index (χ1v) is 15.0. The third-order valence-electron chi connectivity index (χ3n) is 6.65. The Morgan fingerprint density at radius 2 is 0.638 bits per heavy atom. The predicted molar refractivity (Wildman–Crippen MR) is 197 cm³/mol. The molecule has 0 aromatic heterocycles. The molecular formula is C42H34CuN4. The van der Waals surface area contributed by atoms with Gasteiger partial charge in [0.15, 0.2) is 0 Å². The van der Waals surface area contributed by atoms with Crippen LogP contribution in [-0.4, -0.2) is 12.4 Å². The summed E-state index contributed by atoms with van der Waals surface area (Å²) in [5, 5.41) is 9.08. The quantitative estimate of drug-likeness (QED) is 0.104. The molecule has 0 unspecified atom stereocenters. The molecule has 4 nitrogen and oxygen atoms in total. The van der Waals surface area contributed by atoms with Crippen LogP contribution in [0.5, 0.6) is 0 Å². The summed E-state index contributed by atoms with van der Waals surface area (Å²) in [4.78, 5) is 9.08. The average Bonchev–Trinajstić information content (AvgIpc) is 3.14. The zero-order valence-corrected chi connectivity index (χ0v) is 26.7. The number of aliphatic imine (C=N–C) groups is 2. The Labute approximate surface area is 288 Å². The van der Waals surface area contributed by atoms with E-state index < -0.39 is 0 Å². The van der Waals surface area contributed by atoms with Gasteiger partial charge in [0.2, 0.25) is 0 Å². The first kappa shape index (κ1) is 34.1. The Hall–Kier alpha value is -5.74. The maximum absolute atomic E-state index is 4.54. The summed E-state index contributed by atoms with van der Waals surface area (Å²) in [6.07, 6.45) is 7.43. The van der Waals surface area contributed by atoms with Gasteiger partial charge >= 0.3 is 17.1 Å². The van der Waals surface area contributed by atoms with Gasteiger partial charge in [-0.3, -0.25) is 9.98 Å². The van der Waals surface area contributed by atoms with Crippen LogP contribution in [0.25, 0.3) is 21.8 Å². The number of hydrogen-bond acceptors (Lipinski definition) is 2. The second-order valence-corrected chi connectivity index (χ2v) is 10.0. The molecule has 0 aliphatic heterocycles. The van der Waals surface area contributed by atoms with E-state index in [9.17, 15) is 0 Å². The molecule has 6 rings (SSSR count). The van der Waals surface area contributed by atoms with Crippen LogP contribution in [0.15, 0.2) is 204 Å². The summed E-state index contributed by atoms with van der Waals surface area (Å²) in [6, 6.07) is 59.9. The minimum Gasteiger partial charge on any atom is -0.664 e. The Morgan fingerprint density at radius 3 is 0.957 bits per heavy atom. The van der Waals surface area contributed by atoms with Crippen molar-refractivity contribution in [3.63, 3.8) is 0 Å². The molecule has 1 radical (unpaired) electrons. The molecule has 0 N–H and O–H groups in total. The smallest absolute Gasteiger partial charge is 0.664 e. The van der Waals surface area contributed by atoms with Crippen molar-refractivity contribution in [2.45, 2.75) is 0 Å². The molecule has 0 amide bonds. The Balaban J connectivity index is 0.000000208. The number of rotatable bonds is 10. The third kappa shape index (κ3) is 11.9. The molecule has 233 valence electrons. The second-order valence-electron chi connectivity index (χ2n) is 10.0. The Morgan fingerprint density at radius 1 is 0.362 bits per heavy atom. The van der Waals surface area contributed by atoms with Crippen LogP contribution in [0.2, 0.25) is 0 Å². The van der Waals surface area contributed by atoms with Gasteiger partial charge in [0, 0.05) is 12.4 Å². The molecule has 6 aromatic carbocycles. The van der Waals surface area contributed by atoms with Gasteiger partial charge in [0.05, 0.1) is 11.4 Å². The number of nitrogens with zero attached hydrogens (tertiary/aromatic N) is 4. The molecule has 47 heavy (non-hydrogen) atoms. The van der Waals surface area contributed by atoms with Gasteiger partial charge in [-0.1, -0.05) is 158 Å². The molecule has 0 bridgehead atoms. The molecule has 0 aliphatic rings. The molecule has 5 heteroatoms. The van der Waals surface area contributed by atoms with Crippen molar-refractivity contribution >= 4 is 46.3 Å². The zero-order chi connectivity index (χ0) is 31.5. The molecule has 0 atom stereocenters. The van der Waals surface area contributed by atoms with Gasteiger partial charge in [-0.2, -0.15) is 12.4 Å². The first-order valence-electron chi connectivity index (χ1n) is 15.0. The fourth-order valence-corrected chi connectivity index (χ4v) is 4.26. The van der Waals surface area contributed by atoms with E-state index in [-0.39, 0.29) is 17.1 Å². The van der Waals surface area contributed by atoms with Gasteiger partial charge < -0.3 is 10.6 Å². The fraction of sp³-hybridized carbons (Fsp3) is 0. The van der Waals surface area contributed by atoms with Crippen LogP contribution < -0.4 is 0 Å². The standard InChI is InChI=1S/2C21H17N2.Cu/c2*1-4-10-18(11-5-1)19(16-22-20-12-6-2-7-13-20)17-23-21-14-8-3-9-15-21;/h2*1-17H;/q2*-1;+2. The van der Waals surface area contributed by atoms with Crippen molar-refractivity contribution in [1.82, 2.24) is 0 Å². The largest absolute Gasteiger partial charge is 2.00 e. The molecule has 6 aromatic rings. The van der Waals surface area contributed by atoms with Crippen molar-refractivity contribution in [2.24, 2.45) is 9.98 Å². The van der Waals surface area contributed by atoms with Crippen molar-refractivity contribution in [1.29, 1.82) is 0 Å². The van der Waals surface area contributed by atoms with E-state index in [4.69, 9.17) is 0 Å². The molecule has 0 heterocycles. The monoisotopic (exact) mass is 657 g/mol. The minimum absolute atomic E-state index is 0.